The number of aryl methyl sites for hydroxylation is 1. The van der Waals surface area contributed by atoms with Crippen LogP contribution in [-0.2, 0) is 26.7 Å². The third-order valence-electron chi connectivity index (χ3n) is 6.15. The Hall–Kier alpha value is -0.750. The topological polar surface area (TPSA) is 102 Å². The Balaban J connectivity index is 1.56. The van der Waals surface area contributed by atoms with Crippen molar-refractivity contribution in [2.75, 3.05) is 13.2 Å². The molecule has 0 aromatic heterocycles. The summed E-state index contributed by atoms with van der Waals surface area (Å²) in [5.74, 6) is 0.318. The molecule has 0 spiro atoms. The smallest absolute Gasteiger partial charge is 0.378 e. The summed E-state index contributed by atoms with van der Waals surface area (Å²) in [4.78, 5) is 17.9. The van der Waals surface area contributed by atoms with E-state index in [0.29, 0.717) is 24.9 Å². The molecule has 1 saturated carbocycles. The third-order valence-corrected chi connectivity index (χ3v) is 6.62. The number of phosphoric acid groups is 1. The van der Waals surface area contributed by atoms with Gasteiger partial charge in [0.15, 0.2) is 0 Å². The highest BCUT2D eigenvalue weighted by atomic mass is 31.2. The van der Waals surface area contributed by atoms with Gasteiger partial charge >= 0.3 is 7.82 Å². The average Bonchev–Trinajstić information content (AvgIpc) is 3.05. The second-order valence-electron chi connectivity index (χ2n) is 8.54. The van der Waals surface area contributed by atoms with E-state index in [1.54, 1.807) is 0 Å². The van der Waals surface area contributed by atoms with Gasteiger partial charge in [-0.05, 0) is 67.6 Å². The zero-order valence-corrected chi connectivity index (χ0v) is 17.7. The number of benzene rings is 1. The molecule has 1 fully saturated rings. The Labute approximate surface area is 168 Å². The fraction of sp³-hybridized carbons (Fsp3) is 0.714. The van der Waals surface area contributed by atoms with Crippen LogP contribution in [0.5, 0.6) is 0 Å². The molecular formula is C21H34NO5P. The van der Waals surface area contributed by atoms with Gasteiger partial charge in [-0.15, -0.1) is 0 Å². The van der Waals surface area contributed by atoms with Gasteiger partial charge in [0.05, 0.1) is 12.7 Å². The molecule has 1 aromatic carbocycles. The van der Waals surface area contributed by atoms with Gasteiger partial charge in [0.25, 0.3) is 0 Å². The normalized spacial score (nSPS) is 27.7. The summed E-state index contributed by atoms with van der Waals surface area (Å²) in [6.07, 6.45) is 9.36. The van der Waals surface area contributed by atoms with Gasteiger partial charge < -0.3 is 20.3 Å². The lowest BCUT2D eigenvalue weighted by atomic mass is 9.85. The van der Waals surface area contributed by atoms with Crippen LogP contribution in [0.3, 0.4) is 0 Å². The molecule has 0 saturated heterocycles. The van der Waals surface area contributed by atoms with E-state index in [4.69, 9.17) is 20.3 Å². The maximum Gasteiger partial charge on any atom is 0.469 e. The summed E-state index contributed by atoms with van der Waals surface area (Å²) in [6, 6.07) is 6.73. The van der Waals surface area contributed by atoms with Crippen LogP contribution < -0.4 is 5.73 Å². The lowest BCUT2D eigenvalue weighted by molar-refractivity contribution is 0.0419. The molecule has 0 bridgehead atoms. The number of rotatable bonds is 9. The first-order valence-corrected chi connectivity index (χ1v) is 12.0. The van der Waals surface area contributed by atoms with Crippen molar-refractivity contribution in [1.82, 2.24) is 0 Å². The van der Waals surface area contributed by atoms with Crippen LogP contribution >= 0.6 is 7.82 Å². The van der Waals surface area contributed by atoms with E-state index in [0.717, 1.165) is 38.7 Å². The molecule has 28 heavy (non-hydrogen) atoms. The summed E-state index contributed by atoms with van der Waals surface area (Å²) >= 11 is 0. The zero-order valence-electron chi connectivity index (χ0n) is 16.8. The molecule has 4 N–H and O–H groups in total. The number of nitrogens with two attached hydrogens (primary N) is 1. The summed E-state index contributed by atoms with van der Waals surface area (Å²) in [5.41, 5.74) is 9.74. The van der Waals surface area contributed by atoms with Crippen molar-refractivity contribution in [3.05, 3.63) is 34.9 Å². The van der Waals surface area contributed by atoms with Crippen LogP contribution in [0.2, 0.25) is 0 Å². The SMILES string of the molecule is CCCCCO[C@H]1CCc2cc([C@H]3CC[C@](N)(COP(=O)(O)O)C3)ccc2C1. The zero-order chi connectivity index (χ0) is 20.2. The molecular weight excluding hydrogens is 377 g/mol. The Bertz CT molecular complexity index is 706. The monoisotopic (exact) mass is 411 g/mol. The first kappa shape index (κ1) is 21.9. The molecule has 0 aliphatic heterocycles. The number of unbranched alkanes of at least 4 members (excludes halogenated alkanes) is 2. The summed E-state index contributed by atoms with van der Waals surface area (Å²) in [6.45, 7) is 2.97. The number of ether oxygens (including phenoxy) is 1. The first-order valence-electron chi connectivity index (χ1n) is 10.5. The molecule has 158 valence electrons. The van der Waals surface area contributed by atoms with Crippen molar-refractivity contribution in [1.29, 1.82) is 0 Å². The fourth-order valence-corrected chi connectivity index (χ4v) is 4.95. The van der Waals surface area contributed by atoms with E-state index in [9.17, 15) is 4.57 Å². The Morgan fingerprint density at radius 2 is 2.07 bits per heavy atom. The Kier molecular flexibility index (Phi) is 7.35. The second-order valence-corrected chi connectivity index (χ2v) is 9.78. The van der Waals surface area contributed by atoms with Crippen LogP contribution in [-0.4, -0.2) is 34.6 Å². The van der Waals surface area contributed by atoms with Gasteiger partial charge in [-0.3, -0.25) is 4.52 Å². The van der Waals surface area contributed by atoms with Gasteiger partial charge in [0, 0.05) is 12.1 Å². The minimum absolute atomic E-state index is 0.101. The van der Waals surface area contributed by atoms with Crippen molar-refractivity contribution >= 4 is 7.82 Å². The van der Waals surface area contributed by atoms with E-state index in [1.165, 1.54) is 29.5 Å². The first-order chi connectivity index (χ1) is 13.3. The molecule has 2 aliphatic rings. The van der Waals surface area contributed by atoms with Crippen LogP contribution in [0.25, 0.3) is 0 Å². The largest absolute Gasteiger partial charge is 0.469 e. The van der Waals surface area contributed by atoms with Crippen LogP contribution in [0, 0.1) is 0 Å². The number of hydrogen-bond donors (Lipinski definition) is 3. The quantitative estimate of drug-likeness (QED) is 0.422. The van der Waals surface area contributed by atoms with Gasteiger partial charge in [-0.25, -0.2) is 4.57 Å². The van der Waals surface area contributed by atoms with E-state index >= 15 is 0 Å². The van der Waals surface area contributed by atoms with E-state index in [1.807, 2.05) is 0 Å². The lowest BCUT2D eigenvalue weighted by Crippen LogP contribution is -2.41. The average molecular weight is 411 g/mol. The summed E-state index contributed by atoms with van der Waals surface area (Å²) < 4.78 is 21.7. The highest BCUT2D eigenvalue weighted by Crippen LogP contribution is 2.44. The molecule has 0 heterocycles. The van der Waals surface area contributed by atoms with Gasteiger partial charge in [-0.1, -0.05) is 38.0 Å². The van der Waals surface area contributed by atoms with Crippen molar-refractivity contribution in [3.63, 3.8) is 0 Å². The molecule has 0 amide bonds. The van der Waals surface area contributed by atoms with Crippen molar-refractivity contribution < 1.29 is 23.6 Å². The molecule has 0 radical (unpaired) electrons. The maximum atomic E-state index is 11.0. The number of fused-ring (bicyclic) bond motifs is 1. The van der Waals surface area contributed by atoms with E-state index in [2.05, 4.69) is 29.6 Å². The van der Waals surface area contributed by atoms with Gasteiger partial charge in [0.1, 0.15) is 0 Å². The standard InChI is InChI=1S/C21H34NO5P/c1-2-3-4-11-26-20-8-7-16-12-17(5-6-18(16)13-20)19-9-10-21(22,14-19)15-27-28(23,24)25/h5-6,12,19-20H,2-4,7-11,13-15,22H2,1H3,(H2,23,24,25)/t19-,20-,21+/m0/s1. The molecule has 6 nitrogen and oxygen atoms in total. The van der Waals surface area contributed by atoms with Crippen molar-refractivity contribution in [3.8, 4) is 0 Å². The summed E-state index contributed by atoms with van der Waals surface area (Å²) in [7, 11) is -4.48. The molecule has 0 unspecified atom stereocenters. The maximum absolute atomic E-state index is 11.0. The van der Waals surface area contributed by atoms with Crippen molar-refractivity contribution in [2.45, 2.75) is 82.3 Å². The van der Waals surface area contributed by atoms with Crippen LogP contribution in [0.1, 0.15) is 74.5 Å². The van der Waals surface area contributed by atoms with Crippen molar-refractivity contribution in [2.24, 2.45) is 5.73 Å². The predicted molar refractivity (Wildman–Crippen MR) is 109 cm³/mol. The van der Waals surface area contributed by atoms with E-state index < -0.39 is 13.4 Å². The Morgan fingerprint density at radius 1 is 1.25 bits per heavy atom. The minimum atomic E-state index is -4.48. The fourth-order valence-electron chi connectivity index (χ4n) is 4.52. The van der Waals surface area contributed by atoms with Crippen LogP contribution in [0.15, 0.2) is 18.2 Å². The molecule has 3 atom stereocenters. The third kappa shape index (κ3) is 6.12. The highest BCUT2D eigenvalue weighted by molar-refractivity contribution is 7.46. The molecule has 2 aliphatic carbocycles. The van der Waals surface area contributed by atoms with Gasteiger partial charge in [-0.2, -0.15) is 0 Å². The number of phosphoric ester groups is 1. The lowest BCUT2D eigenvalue weighted by Gasteiger charge is -2.27. The predicted octanol–water partition coefficient (Wildman–Crippen LogP) is 3.83. The second kappa shape index (κ2) is 9.38. The van der Waals surface area contributed by atoms with Gasteiger partial charge in [0.2, 0.25) is 0 Å². The molecule has 3 rings (SSSR count). The van der Waals surface area contributed by atoms with E-state index in [-0.39, 0.29) is 6.61 Å². The minimum Gasteiger partial charge on any atom is -0.378 e. The summed E-state index contributed by atoms with van der Waals surface area (Å²) in [5, 5.41) is 0. The molecule has 7 heteroatoms. The Morgan fingerprint density at radius 3 is 2.82 bits per heavy atom. The number of hydrogen-bond acceptors (Lipinski definition) is 4. The highest BCUT2D eigenvalue weighted by Gasteiger charge is 2.38. The molecule has 1 aromatic rings. The van der Waals surface area contributed by atoms with Crippen LogP contribution in [0.4, 0.5) is 0 Å².